The van der Waals surface area contributed by atoms with Gasteiger partial charge in [0.2, 0.25) is 0 Å². The predicted molar refractivity (Wildman–Crippen MR) is 111 cm³/mol. The van der Waals surface area contributed by atoms with E-state index in [9.17, 15) is 4.79 Å². The van der Waals surface area contributed by atoms with E-state index in [0.29, 0.717) is 17.9 Å². The molecule has 0 unspecified atom stereocenters. The topological polar surface area (TPSA) is 64.7 Å². The third kappa shape index (κ3) is 3.54. The Morgan fingerprint density at radius 3 is 2.43 bits per heavy atom. The van der Waals surface area contributed by atoms with E-state index in [0.717, 1.165) is 16.8 Å². The zero-order valence-electron chi connectivity index (χ0n) is 15.2. The number of hydrogen-bond acceptors (Lipinski definition) is 4. The second-order valence-electron chi connectivity index (χ2n) is 6.32. The van der Waals surface area contributed by atoms with Crippen molar-refractivity contribution in [1.82, 2.24) is 19.6 Å². The van der Waals surface area contributed by atoms with Crippen molar-refractivity contribution in [1.29, 1.82) is 0 Å². The van der Waals surface area contributed by atoms with Crippen molar-refractivity contribution in [3.8, 4) is 16.9 Å². The molecule has 0 amide bonds. The van der Waals surface area contributed by atoms with Crippen LogP contribution < -0.4 is 10.9 Å². The Hall–Kier alpha value is -3.38. The summed E-state index contributed by atoms with van der Waals surface area (Å²) in [5.74, 6) is 0. The van der Waals surface area contributed by atoms with E-state index in [4.69, 9.17) is 11.6 Å². The first kappa shape index (κ1) is 18.0. The fraction of sp³-hybridized carbons (Fsp3) is 0.0952. The lowest BCUT2D eigenvalue weighted by molar-refractivity contribution is 0.770. The maximum atomic E-state index is 12.6. The summed E-state index contributed by atoms with van der Waals surface area (Å²) in [5.41, 5.74) is 3.70. The lowest BCUT2D eigenvalue weighted by Crippen LogP contribution is -2.22. The van der Waals surface area contributed by atoms with Crippen LogP contribution >= 0.6 is 11.6 Å². The third-order valence-electron chi connectivity index (χ3n) is 4.34. The van der Waals surface area contributed by atoms with E-state index in [-0.39, 0.29) is 10.6 Å². The van der Waals surface area contributed by atoms with E-state index in [2.05, 4.69) is 15.5 Å². The Morgan fingerprint density at radius 1 is 1.04 bits per heavy atom. The Bertz CT molecular complexity index is 1150. The first-order chi connectivity index (χ1) is 13.6. The molecular weight excluding hydrogens is 374 g/mol. The molecule has 0 atom stereocenters. The number of benzene rings is 2. The minimum Gasteiger partial charge on any atom is -0.378 e. The number of nitrogens with one attached hydrogen (secondary N) is 1. The van der Waals surface area contributed by atoms with Crippen molar-refractivity contribution >= 4 is 17.3 Å². The summed E-state index contributed by atoms with van der Waals surface area (Å²) in [6.07, 6.45) is 3.51. The minimum atomic E-state index is -0.368. The Balaban J connectivity index is 1.60. The maximum Gasteiger partial charge on any atom is 0.292 e. The van der Waals surface area contributed by atoms with E-state index in [1.807, 2.05) is 61.8 Å². The van der Waals surface area contributed by atoms with Crippen LogP contribution in [-0.2, 0) is 13.6 Å². The molecule has 0 fully saturated rings. The number of hydrogen-bond donors (Lipinski definition) is 1. The molecule has 0 aliphatic heterocycles. The second kappa shape index (κ2) is 7.70. The van der Waals surface area contributed by atoms with Crippen LogP contribution in [0.3, 0.4) is 0 Å². The molecule has 1 N–H and O–H groups in total. The van der Waals surface area contributed by atoms with E-state index < -0.39 is 0 Å². The van der Waals surface area contributed by atoms with Gasteiger partial charge in [-0.15, -0.1) is 0 Å². The summed E-state index contributed by atoms with van der Waals surface area (Å²) in [6.45, 7) is 0.467. The van der Waals surface area contributed by atoms with Gasteiger partial charge in [-0.3, -0.25) is 9.48 Å². The number of aromatic nitrogens is 4. The molecular formula is C21H18ClN5O. The molecule has 0 saturated heterocycles. The predicted octanol–water partition coefficient (Wildman–Crippen LogP) is 3.90. The van der Waals surface area contributed by atoms with Crippen molar-refractivity contribution in [2.45, 2.75) is 6.54 Å². The fourth-order valence-electron chi connectivity index (χ4n) is 3.01. The number of rotatable bonds is 5. The fourth-order valence-corrected chi connectivity index (χ4v) is 3.20. The molecule has 0 radical (unpaired) electrons. The largest absolute Gasteiger partial charge is 0.378 e. The molecule has 2 heterocycles. The molecule has 4 rings (SSSR count). The maximum absolute atomic E-state index is 12.6. The molecule has 4 aromatic rings. The summed E-state index contributed by atoms with van der Waals surface area (Å²) >= 11 is 6.32. The summed E-state index contributed by atoms with van der Waals surface area (Å²) in [6, 6.07) is 19.1. The molecule has 0 aliphatic rings. The highest BCUT2D eigenvalue weighted by atomic mass is 35.5. The van der Waals surface area contributed by atoms with Crippen LogP contribution in [0, 0.1) is 0 Å². The monoisotopic (exact) mass is 391 g/mol. The Labute approximate surface area is 167 Å². The number of para-hydroxylation sites is 1. The van der Waals surface area contributed by atoms with Crippen LogP contribution in [0.5, 0.6) is 0 Å². The van der Waals surface area contributed by atoms with Crippen LogP contribution in [0.15, 0.2) is 77.9 Å². The van der Waals surface area contributed by atoms with Gasteiger partial charge < -0.3 is 5.32 Å². The van der Waals surface area contributed by atoms with Crippen molar-refractivity contribution in [2.75, 3.05) is 5.32 Å². The quantitative estimate of drug-likeness (QED) is 0.560. The molecule has 0 saturated carbocycles. The van der Waals surface area contributed by atoms with E-state index in [1.54, 1.807) is 23.0 Å². The van der Waals surface area contributed by atoms with Gasteiger partial charge in [0.1, 0.15) is 5.02 Å². The lowest BCUT2D eigenvalue weighted by atomic mass is 10.1. The van der Waals surface area contributed by atoms with Crippen molar-refractivity contribution < 1.29 is 0 Å². The average molecular weight is 392 g/mol. The summed E-state index contributed by atoms with van der Waals surface area (Å²) < 4.78 is 3.06. The lowest BCUT2D eigenvalue weighted by Gasteiger charge is -2.10. The van der Waals surface area contributed by atoms with Crippen LogP contribution in [-0.4, -0.2) is 19.6 Å². The minimum absolute atomic E-state index is 0.101. The number of aryl methyl sites for hydroxylation is 1. The molecule has 0 aliphatic carbocycles. The number of nitrogens with zero attached hydrogens (tertiary/aromatic N) is 4. The average Bonchev–Trinajstić information content (AvgIpc) is 3.11. The summed E-state index contributed by atoms with van der Waals surface area (Å²) in [4.78, 5) is 12.6. The SMILES string of the molecule is Cn1cc(CNc2cnn(-c3ccccc3)c(=O)c2Cl)c(-c2ccccc2)n1. The summed E-state index contributed by atoms with van der Waals surface area (Å²) in [5, 5.41) is 12.1. The van der Waals surface area contributed by atoms with Crippen molar-refractivity contribution in [3.05, 3.63) is 94.0 Å². The third-order valence-corrected chi connectivity index (χ3v) is 4.71. The molecule has 7 heteroatoms. The van der Waals surface area contributed by atoms with Gasteiger partial charge in [-0.25, -0.2) is 0 Å². The van der Waals surface area contributed by atoms with Crippen LogP contribution in [0.25, 0.3) is 16.9 Å². The normalized spacial score (nSPS) is 10.8. The Kier molecular flexibility index (Phi) is 4.95. The smallest absolute Gasteiger partial charge is 0.292 e. The first-order valence-electron chi connectivity index (χ1n) is 8.78. The van der Waals surface area contributed by atoms with Gasteiger partial charge in [0.25, 0.3) is 5.56 Å². The van der Waals surface area contributed by atoms with E-state index in [1.165, 1.54) is 4.68 Å². The zero-order chi connectivity index (χ0) is 19.5. The van der Waals surface area contributed by atoms with Gasteiger partial charge in [-0.1, -0.05) is 60.1 Å². The first-order valence-corrected chi connectivity index (χ1v) is 9.16. The number of anilines is 1. The van der Waals surface area contributed by atoms with Crippen LogP contribution in [0.2, 0.25) is 5.02 Å². The van der Waals surface area contributed by atoms with Gasteiger partial charge in [0.05, 0.1) is 23.3 Å². The van der Waals surface area contributed by atoms with Crippen molar-refractivity contribution in [2.24, 2.45) is 7.05 Å². The van der Waals surface area contributed by atoms with Gasteiger partial charge in [0, 0.05) is 30.9 Å². The van der Waals surface area contributed by atoms with Gasteiger partial charge >= 0.3 is 0 Å². The standard InChI is InChI=1S/C21H18ClN5O/c1-26-14-16(20(25-26)15-8-4-2-5-9-15)12-23-18-13-24-27(21(28)19(18)22)17-10-6-3-7-11-17/h2-11,13-14,23H,12H2,1H3. The van der Waals surface area contributed by atoms with Gasteiger partial charge in [-0.2, -0.15) is 14.9 Å². The molecule has 28 heavy (non-hydrogen) atoms. The molecule has 2 aromatic carbocycles. The second-order valence-corrected chi connectivity index (χ2v) is 6.70. The molecule has 140 valence electrons. The van der Waals surface area contributed by atoms with Crippen LogP contribution in [0.1, 0.15) is 5.56 Å². The molecule has 0 bridgehead atoms. The van der Waals surface area contributed by atoms with Crippen LogP contribution in [0.4, 0.5) is 5.69 Å². The zero-order valence-corrected chi connectivity index (χ0v) is 16.0. The molecule has 0 spiro atoms. The van der Waals surface area contributed by atoms with Gasteiger partial charge in [-0.05, 0) is 12.1 Å². The highest BCUT2D eigenvalue weighted by Crippen LogP contribution is 2.24. The molecule has 6 nitrogen and oxygen atoms in total. The summed E-state index contributed by atoms with van der Waals surface area (Å²) in [7, 11) is 1.88. The Morgan fingerprint density at radius 2 is 1.71 bits per heavy atom. The number of halogens is 1. The van der Waals surface area contributed by atoms with Crippen molar-refractivity contribution in [3.63, 3.8) is 0 Å². The van der Waals surface area contributed by atoms with Gasteiger partial charge in [0.15, 0.2) is 0 Å². The highest BCUT2D eigenvalue weighted by Gasteiger charge is 2.13. The molecule has 2 aromatic heterocycles. The van der Waals surface area contributed by atoms with E-state index >= 15 is 0 Å². The highest BCUT2D eigenvalue weighted by molar-refractivity contribution is 6.32.